The molecule has 0 unspecified atom stereocenters. The third kappa shape index (κ3) is 3.47. The quantitative estimate of drug-likeness (QED) is 0.758. The molecule has 2 aromatic rings. The SMILES string of the molecule is Cc1nc2c(c(C)c1CC(=O)N[C@H]1CCCNC1)c(=O)[nH]n2C.Cl. The fourth-order valence-corrected chi connectivity index (χ4v) is 3.32. The Morgan fingerprint density at radius 2 is 2.17 bits per heavy atom. The van der Waals surface area contributed by atoms with Crippen molar-refractivity contribution in [1.29, 1.82) is 0 Å². The van der Waals surface area contributed by atoms with Crippen molar-refractivity contribution < 1.29 is 4.79 Å². The van der Waals surface area contributed by atoms with E-state index in [0.29, 0.717) is 11.0 Å². The number of aromatic amines is 1. The molecule has 1 saturated heterocycles. The van der Waals surface area contributed by atoms with Crippen molar-refractivity contribution in [3.05, 3.63) is 27.2 Å². The summed E-state index contributed by atoms with van der Waals surface area (Å²) in [6.07, 6.45) is 2.34. The van der Waals surface area contributed by atoms with Gasteiger partial charge in [-0.15, -0.1) is 12.4 Å². The highest BCUT2D eigenvalue weighted by atomic mass is 35.5. The third-order valence-corrected chi connectivity index (χ3v) is 4.57. The first-order chi connectivity index (χ1) is 11.0. The lowest BCUT2D eigenvalue weighted by atomic mass is 10.0. The lowest BCUT2D eigenvalue weighted by Crippen LogP contribution is -2.46. The van der Waals surface area contributed by atoms with Gasteiger partial charge in [-0.05, 0) is 44.4 Å². The largest absolute Gasteiger partial charge is 0.352 e. The number of H-pyrrole nitrogens is 1. The number of aromatic nitrogens is 3. The average molecular weight is 354 g/mol. The second-order valence-electron chi connectivity index (χ2n) is 6.29. The van der Waals surface area contributed by atoms with Crippen LogP contribution in [0.25, 0.3) is 11.0 Å². The molecule has 132 valence electrons. The zero-order valence-corrected chi connectivity index (χ0v) is 15.0. The molecule has 3 rings (SSSR count). The molecule has 24 heavy (non-hydrogen) atoms. The van der Waals surface area contributed by atoms with Gasteiger partial charge in [0.05, 0.1) is 11.8 Å². The Morgan fingerprint density at radius 3 is 2.83 bits per heavy atom. The maximum absolute atomic E-state index is 12.4. The highest BCUT2D eigenvalue weighted by molar-refractivity contribution is 5.85. The Hall–Kier alpha value is -1.86. The van der Waals surface area contributed by atoms with Crippen molar-refractivity contribution in [2.45, 2.75) is 39.2 Å². The van der Waals surface area contributed by atoms with Crippen LogP contribution in [0.4, 0.5) is 0 Å². The summed E-state index contributed by atoms with van der Waals surface area (Å²) in [5.74, 6) is -0.0154. The van der Waals surface area contributed by atoms with Crippen molar-refractivity contribution in [1.82, 2.24) is 25.4 Å². The first kappa shape index (κ1) is 18.5. The number of carbonyl (C=O) groups is 1. The highest BCUT2D eigenvalue weighted by Crippen LogP contribution is 2.20. The Balaban J connectivity index is 0.00000208. The van der Waals surface area contributed by atoms with E-state index >= 15 is 0 Å². The number of piperidine rings is 1. The third-order valence-electron chi connectivity index (χ3n) is 4.57. The van der Waals surface area contributed by atoms with Crippen molar-refractivity contribution >= 4 is 29.3 Å². The molecule has 3 N–H and O–H groups in total. The minimum Gasteiger partial charge on any atom is -0.352 e. The maximum atomic E-state index is 12.4. The molecule has 1 amide bonds. The fourth-order valence-electron chi connectivity index (χ4n) is 3.32. The van der Waals surface area contributed by atoms with Crippen molar-refractivity contribution in [2.24, 2.45) is 7.05 Å². The molecule has 0 aromatic carbocycles. The Bertz CT molecular complexity index is 805. The van der Waals surface area contributed by atoms with Crippen LogP contribution in [0.15, 0.2) is 4.79 Å². The minimum atomic E-state index is -0.161. The molecular formula is C16H24ClN5O2. The van der Waals surface area contributed by atoms with Gasteiger partial charge in [0.25, 0.3) is 5.56 Å². The molecule has 0 saturated carbocycles. The van der Waals surface area contributed by atoms with Gasteiger partial charge in [0.2, 0.25) is 5.91 Å². The first-order valence-electron chi connectivity index (χ1n) is 8.02. The minimum absolute atomic E-state index is 0. The van der Waals surface area contributed by atoms with Gasteiger partial charge < -0.3 is 10.6 Å². The Kier molecular flexibility index (Phi) is 5.66. The summed E-state index contributed by atoms with van der Waals surface area (Å²) in [5.41, 5.74) is 2.94. The molecule has 7 nitrogen and oxygen atoms in total. The van der Waals surface area contributed by atoms with Gasteiger partial charge in [0.15, 0.2) is 5.65 Å². The number of fused-ring (bicyclic) bond motifs is 1. The fraction of sp³-hybridized carbons (Fsp3) is 0.562. The summed E-state index contributed by atoms with van der Waals surface area (Å²) >= 11 is 0. The van der Waals surface area contributed by atoms with Crippen LogP contribution < -0.4 is 16.2 Å². The molecule has 3 heterocycles. The molecule has 0 bridgehead atoms. The molecule has 1 atom stereocenters. The zero-order chi connectivity index (χ0) is 16.6. The van der Waals surface area contributed by atoms with Crippen molar-refractivity contribution in [2.75, 3.05) is 13.1 Å². The number of rotatable bonds is 3. The van der Waals surface area contributed by atoms with Gasteiger partial charge in [-0.2, -0.15) is 0 Å². The lowest BCUT2D eigenvalue weighted by molar-refractivity contribution is -0.121. The van der Waals surface area contributed by atoms with Crippen LogP contribution in [0.5, 0.6) is 0 Å². The van der Waals surface area contributed by atoms with Gasteiger partial charge in [-0.1, -0.05) is 0 Å². The molecule has 1 aliphatic heterocycles. The molecule has 0 radical (unpaired) electrons. The molecule has 1 aliphatic rings. The molecule has 0 spiro atoms. The van der Waals surface area contributed by atoms with Crippen LogP contribution in [0.2, 0.25) is 0 Å². The Morgan fingerprint density at radius 1 is 1.42 bits per heavy atom. The molecule has 0 aliphatic carbocycles. The zero-order valence-electron chi connectivity index (χ0n) is 14.2. The van der Waals surface area contributed by atoms with Crippen molar-refractivity contribution in [3.8, 4) is 0 Å². The second kappa shape index (κ2) is 7.36. The van der Waals surface area contributed by atoms with Gasteiger partial charge in [0.1, 0.15) is 0 Å². The standard InChI is InChI=1S/C16H23N5O2.ClH/c1-9-12(7-13(22)19-11-5-4-6-17-8-11)10(2)18-15-14(9)16(23)20-21(15)3;/h11,17H,4-8H2,1-3H3,(H,19,22)(H,20,23);1H/t11-;/m0./s1. The predicted octanol–water partition coefficient (Wildman–Crippen LogP) is 0.711. The number of halogens is 1. The monoisotopic (exact) mass is 353 g/mol. The molecular weight excluding hydrogens is 330 g/mol. The normalized spacial score (nSPS) is 17.5. The van der Waals surface area contributed by atoms with Gasteiger partial charge >= 0.3 is 0 Å². The lowest BCUT2D eigenvalue weighted by Gasteiger charge is -2.24. The van der Waals surface area contributed by atoms with Gasteiger partial charge in [-0.3, -0.25) is 19.4 Å². The number of nitrogens with one attached hydrogen (secondary N) is 3. The number of carbonyl (C=O) groups excluding carboxylic acids is 1. The summed E-state index contributed by atoms with van der Waals surface area (Å²) in [6.45, 7) is 5.60. The first-order valence-corrected chi connectivity index (χ1v) is 8.02. The predicted molar refractivity (Wildman–Crippen MR) is 95.8 cm³/mol. The highest BCUT2D eigenvalue weighted by Gasteiger charge is 2.19. The number of aryl methyl sites for hydroxylation is 3. The maximum Gasteiger partial charge on any atom is 0.273 e. The second-order valence-corrected chi connectivity index (χ2v) is 6.29. The van der Waals surface area contributed by atoms with Crippen molar-refractivity contribution in [3.63, 3.8) is 0 Å². The van der Waals surface area contributed by atoms with E-state index < -0.39 is 0 Å². The molecule has 8 heteroatoms. The van der Waals surface area contributed by atoms with E-state index in [1.807, 2.05) is 13.8 Å². The number of amides is 1. The van der Waals surface area contributed by atoms with Crippen LogP contribution in [0, 0.1) is 13.8 Å². The van der Waals surface area contributed by atoms with Gasteiger partial charge in [-0.25, -0.2) is 4.98 Å². The summed E-state index contributed by atoms with van der Waals surface area (Å²) in [5, 5.41) is 9.64. The number of nitrogens with zero attached hydrogens (tertiary/aromatic N) is 2. The van der Waals surface area contributed by atoms with Crippen LogP contribution in [0.1, 0.15) is 29.7 Å². The van der Waals surface area contributed by atoms with E-state index in [-0.39, 0.29) is 36.3 Å². The van der Waals surface area contributed by atoms with E-state index in [1.54, 1.807) is 11.7 Å². The number of hydrogen-bond acceptors (Lipinski definition) is 4. The van der Waals surface area contributed by atoms with Crippen LogP contribution in [-0.2, 0) is 18.3 Å². The van der Waals surface area contributed by atoms with Crippen LogP contribution in [0.3, 0.4) is 0 Å². The van der Waals surface area contributed by atoms with Crippen LogP contribution >= 0.6 is 12.4 Å². The summed E-state index contributed by atoms with van der Waals surface area (Å²) < 4.78 is 1.62. The van der Waals surface area contributed by atoms with E-state index in [1.165, 1.54) is 0 Å². The summed E-state index contributed by atoms with van der Waals surface area (Å²) in [7, 11) is 1.76. The molecule has 1 fully saturated rings. The molecule has 2 aromatic heterocycles. The van der Waals surface area contributed by atoms with E-state index in [2.05, 4.69) is 20.7 Å². The summed E-state index contributed by atoms with van der Waals surface area (Å²) in [6, 6.07) is 0.189. The average Bonchev–Trinajstić information content (AvgIpc) is 2.79. The topological polar surface area (TPSA) is 91.8 Å². The van der Waals surface area contributed by atoms with E-state index in [9.17, 15) is 9.59 Å². The number of hydrogen-bond donors (Lipinski definition) is 3. The Labute approximate surface area is 146 Å². The summed E-state index contributed by atoms with van der Waals surface area (Å²) in [4.78, 5) is 28.9. The van der Waals surface area contributed by atoms with E-state index in [4.69, 9.17) is 0 Å². The van der Waals surface area contributed by atoms with E-state index in [0.717, 1.165) is 42.8 Å². The van der Waals surface area contributed by atoms with Crippen LogP contribution in [-0.4, -0.2) is 39.8 Å². The smallest absolute Gasteiger partial charge is 0.273 e. The number of pyridine rings is 1. The van der Waals surface area contributed by atoms with Gasteiger partial charge in [0, 0.05) is 25.3 Å².